The molecule has 2 aliphatic carbocycles. The van der Waals surface area contributed by atoms with Gasteiger partial charge in [-0.1, -0.05) is 48.5 Å². The smallest absolute Gasteiger partial charge is 0.224 e. The third-order valence-electron chi connectivity index (χ3n) is 13.6. The van der Waals surface area contributed by atoms with Crippen LogP contribution in [0.2, 0.25) is 0 Å². The summed E-state index contributed by atoms with van der Waals surface area (Å²) < 4.78 is 41.0. The third kappa shape index (κ3) is 9.08. The Kier molecular flexibility index (Phi) is 11.8. The maximum atomic E-state index is 14.5. The second kappa shape index (κ2) is 17.3. The number of β-amino-alcohol motifs (C(OH)–C–C–N with tert-alkyl or cyclic N) is 4. The molecule has 0 unspecified atom stereocenters. The van der Waals surface area contributed by atoms with Crippen molar-refractivity contribution in [3.05, 3.63) is 119 Å². The van der Waals surface area contributed by atoms with Crippen molar-refractivity contribution in [1.29, 1.82) is 0 Å². The first-order valence-electron chi connectivity index (χ1n) is 21.7. The van der Waals surface area contributed by atoms with Crippen molar-refractivity contribution >= 4 is 23.2 Å². The van der Waals surface area contributed by atoms with Gasteiger partial charge in [0.25, 0.3) is 0 Å². The largest absolute Gasteiger partial charge is 0.490 e. The minimum Gasteiger partial charge on any atom is -0.490 e. The highest BCUT2D eigenvalue weighted by molar-refractivity contribution is 5.94. The van der Waals surface area contributed by atoms with Crippen molar-refractivity contribution in [1.82, 2.24) is 9.80 Å². The summed E-state index contributed by atoms with van der Waals surface area (Å²) in [6.45, 7) is 2.93. The lowest BCUT2D eigenvalue weighted by atomic mass is 9.95. The number of rotatable bonds is 10. The molecule has 4 fully saturated rings. The number of carbonyl (C=O) groups excluding carboxylic acids is 2. The first-order chi connectivity index (χ1) is 29.8. The Morgan fingerprint density at radius 3 is 1.42 bits per heavy atom. The van der Waals surface area contributed by atoms with Gasteiger partial charge in [0.15, 0.2) is 0 Å². The predicted molar refractivity (Wildman–Crippen MR) is 227 cm³/mol. The van der Waals surface area contributed by atoms with Gasteiger partial charge in [-0.3, -0.25) is 19.4 Å². The molecule has 4 aromatic carbocycles. The van der Waals surface area contributed by atoms with Crippen molar-refractivity contribution in [2.45, 2.75) is 87.0 Å². The molecule has 0 aromatic heterocycles. The number of aryl methyl sites for hydroxylation is 2. The Hall–Kier alpha value is -4.96. The van der Waals surface area contributed by atoms with E-state index in [2.05, 4.69) is 10.6 Å². The molecule has 10 rings (SSSR count). The fourth-order valence-electron chi connectivity index (χ4n) is 10.6. The van der Waals surface area contributed by atoms with E-state index >= 15 is 0 Å². The predicted octanol–water partition coefficient (Wildman–Crippen LogP) is 5.30. The number of nitrogens with zero attached hydrogens (tertiary/aromatic N) is 2. The van der Waals surface area contributed by atoms with Gasteiger partial charge < -0.3 is 40.5 Å². The minimum atomic E-state index is -0.865. The maximum absolute atomic E-state index is 14.5. The molecular weight excluding hydrogens is 799 g/mol. The SMILES string of the molecule is O=C1CCc2cc([C@@H](O)CN3C[C@H]4C[C@H](Oc5ccccc5)C[C@@]4(O)C3)cc(F)c2N1.O=C1CCc2cc([C@H](O)CN3C[C@H]4C[C@H](Oc5ccccc5)C[C@@]4(O)C3)cc(F)c2N1. The Balaban J connectivity index is 0.000000158. The molecule has 328 valence electrons. The van der Waals surface area contributed by atoms with Crippen LogP contribution in [-0.2, 0) is 22.4 Å². The summed E-state index contributed by atoms with van der Waals surface area (Å²) in [6, 6.07) is 25.4. The van der Waals surface area contributed by atoms with E-state index in [0.29, 0.717) is 100 Å². The highest BCUT2D eigenvalue weighted by atomic mass is 19.1. The molecule has 2 saturated heterocycles. The molecule has 4 aromatic rings. The Morgan fingerprint density at radius 1 is 0.629 bits per heavy atom. The highest BCUT2D eigenvalue weighted by Crippen LogP contribution is 2.45. The number of benzene rings is 4. The van der Waals surface area contributed by atoms with E-state index in [9.17, 15) is 38.8 Å². The van der Waals surface area contributed by atoms with Gasteiger partial charge in [-0.2, -0.15) is 0 Å². The standard InChI is InChI=1S/2C24H27FN2O4/c2*25-20-9-16(8-15-6-7-22(29)26-23(15)20)21(28)13-27-12-17-10-19(11-24(17,30)14-27)31-18-4-2-1-3-5-18/h2*1-5,8-9,17,19,21,28,30H,6-7,10-14H2,(H,26,29)/t17-,19+,21+,24-;17-,19+,21-,24-/m11/s1. The number of hydrogen-bond acceptors (Lipinski definition) is 10. The molecular formula is C48H54F2N4O8. The van der Waals surface area contributed by atoms with E-state index in [0.717, 1.165) is 24.3 Å². The number of hydrogen-bond donors (Lipinski definition) is 6. The Bertz CT molecular complexity index is 2130. The lowest BCUT2D eigenvalue weighted by molar-refractivity contribution is -0.117. The van der Waals surface area contributed by atoms with Crippen molar-refractivity contribution in [2.24, 2.45) is 11.8 Å². The number of fused-ring (bicyclic) bond motifs is 4. The van der Waals surface area contributed by atoms with Gasteiger partial charge in [-0.05, 0) is 84.3 Å². The number of para-hydroxylation sites is 2. The number of halogens is 2. The van der Waals surface area contributed by atoms with E-state index in [-0.39, 0.29) is 47.2 Å². The number of amides is 2. The molecule has 2 amide bonds. The van der Waals surface area contributed by atoms with Gasteiger partial charge >= 0.3 is 0 Å². The van der Waals surface area contributed by atoms with Gasteiger partial charge in [-0.25, -0.2) is 8.78 Å². The maximum Gasteiger partial charge on any atom is 0.224 e. The van der Waals surface area contributed by atoms with Crippen LogP contribution in [-0.4, -0.2) is 105 Å². The molecule has 12 nitrogen and oxygen atoms in total. The summed E-state index contributed by atoms with van der Waals surface area (Å²) in [5, 5.41) is 49.0. The zero-order valence-corrected chi connectivity index (χ0v) is 34.5. The topological polar surface area (TPSA) is 164 Å². The molecule has 62 heavy (non-hydrogen) atoms. The zero-order valence-electron chi connectivity index (χ0n) is 34.5. The molecule has 0 radical (unpaired) electrons. The second-order valence-corrected chi connectivity index (χ2v) is 18.2. The monoisotopic (exact) mass is 852 g/mol. The fraction of sp³-hybridized carbons (Fsp3) is 0.458. The lowest BCUT2D eigenvalue weighted by Gasteiger charge is -2.26. The van der Waals surface area contributed by atoms with Crippen LogP contribution in [0.25, 0.3) is 0 Å². The molecule has 6 aliphatic rings. The third-order valence-corrected chi connectivity index (χ3v) is 13.6. The number of aliphatic hydroxyl groups is 4. The van der Waals surface area contributed by atoms with E-state index < -0.39 is 35.0 Å². The van der Waals surface area contributed by atoms with Crippen LogP contribution in [0.5, 0.6) is 11.5 Å². The van der Waals surface area contributed by atoms with Crippen LogP contribution in [0.4, 0.5) is 20.2 Å². The van der Waals surface area contributed by atoms with Crippen molar-refractivity contribution in [3.63, 3.8) is 0 Å². The highest BCUT2D eigenvalue weighted by Gasteiger charge is 2.54. The van der Waals surface area contributed by atoms with Crippen LogP contribution in [0.3, 0.4) is 0 Å². The molecule has 4 heterocycles. The molecule has 4 aliphatic heterocycles. The van der Waals surface area contributed by atoms with Crippen LogP contribution in [0, 0.1) is 23.5 Å². The van der Waals surface area contributed by atoms with Gasteiger partial charge in [0, 0.05) is 76.8 Å². The molecule has 2 saturated carbocycles. The van der Waals surface area contributed by atoms with Crippen LogP contribution in [0.1, 0.15) is 73.0 Å². The summed E-state index contributed by atoms with van der Waals surface area (Å²) in [7, 11) is 0. The number of nitrogens with one attached hydrogen (secondary N) is 2. The average Bonchev–Trinajstić information content (AvgIpc) is 3.91. The molecule has 14 heteroatoms. The fourth-order valence-corrected chi connectivity index (χ4v) is 10.6. The Morgan fingerprint density at radius 2 is 1.03 bits per heavy atom. The van der Waals surface area contributed by atoms with Crippen LogP contribution in [0.15, 0.2) is 84.9 Å². The number of likely N-dealkylation sites (tertiary alicyclic amines) is 2. The number of ether oxygens (including phenoxy) is 2. The average molecular weight is 853 g/mol. The lowest BCUT2D eigenvalue weighted by Crippen LogP contribution is -2.36. The second-order valence-electron chi connectivity index (χ2n) is 18.2. The molecule has 0 bridgehead atoms. The quantitative estimate of drug-likeness (QED) is 0.124. The Labute approximate surface area is 359 Å². The summed E-state index contributed by atoms with van der Waals surface area (Å²) >= 11 is 0. The van der Waals surface area contributed by atoms with E-state index in [1.165, 1.54) is 12.1 Å². The van der Waals surface area contributed by atoms with E-state index in [1.54, 1.807) is 12.1 Å². The summed E-state index contributed by atoms with van der Waals surface area (Å²) in [4.78, 5) is 27.1. The van der Waals surface area contributed by atoms with Crippen molar-refractivity contribution < 1.29 is 48.3 Å². The number of carbonyl (C=O) groups is 2. The van der Waals surface area contributed by atoms with Gasteiger partial charge in [-0.15, -0.1) is 0 Å². The first kappa shape index (κ1) is 42.3. The summed E-state index contributed by atoms with van der Waals surface area (Å²) in [6.07, 6.45) is 2.46. The van der Waals surface area contributed by atoms with Gasteiger partial charge in [0.1, 0.15) is 35.3 Å². The van der Waals surface area contributed by atoms with Crippen LogP contribution < -0.4 is 20.1 Å². The van der Waals surface area contributed by atoms with Crippen LogP contribution >= 0.6 is 0 Å². The van der Waals surface area contributed by atoms with Crippen molar-refractivity contribution in [3.8, 4) is 11.5 Å². The summed E-state index contributed by atoms with van der Waals surface area (Å²) in [5.41, 5.74) is 1.22. The van der Waals surface area contributed by atoms with E-state index in [4.69, 9.17) is 9.47 Å². The molecule has 6 N–H and O–H groups in total. The van der Waals surface area contributed by atoms with Gasteiger partial charge in [0.05, 0.1) is 34.8 Å². The zero-order chi connectivity index (χ0) is 43.2. The van der Waals surface area contributed by atoms with Crippen molar-refractivity contribution in [2.75, 3.05) is 49.9 Å². The number of aliphatic hydroxyl groups excluding tert-OH is 2. The first-order valence-corrected chi connectivity index (χ1v) is 21.7. The normalized spacial score (nSPS) is 28.7. The van der Waals surface area contributed by atoms with Gasteiger partial charge in [0.2, 0.25) is 11.8 Å². The molecule has 0 spiro atoms. The number of anilines is 2. The van der Waals surface area contributed by atoms with E-state index in [1.807, 2.05) is 70.5 Å². The molecule has 8 atom stereocenters. The summed E-state index contributed by atoms with van der Waals surface area (Å²) in [5.74, 6) is 0.391. The minimum absolute atomic E-state index is 0.0191.